The average Bonchev–Trinajstić information content (AvgIpc) is 3.08. The van der Waals surface area contributed by atoms with Gasteiger partial charge >= 0.3 is 0 Å². The van der Waals surface area contributed by atoms with Crippen molar-refractivity contribution < 1.29 is 4.74 Å². The lowest BCUT2D eigenvalue weighted by molar-refractivity contribution is 0.173. The molecule has 2 aromatic carbocycles. The van der Waals surface area contributed by atoms with Crippen LogP contribution in [0.2, 0.25) is 5.02 Å². The highest BCUT2D eigenvalue weighted by atomic mass is 35.5. The van der Waals surface area contributed by atoms with Crippen LogP contribution in [-0.2, 0) is 0 Å². The first-order chi connectivity index (χ1) is 12.3. The minimum atomic E-state index is 0.595. The van der Waals surface area contributed by atoms with Gasteiger partial charge in [-0.3, -0.25) is 4.90 Å². The number of thiazole rings is 1. The molecular formula is C20H21ClN2OS. The van der Waals surface area contributed by atoms with Crippen LogP contribution in [0.15, 0.2) is 48.5 Å². The SMILES string of the molecule is Clc1ccccc1OCCN1CCC(c2nc3ccccc3s2)CC1. The van der Waals surface area contributed by atoms with Crippen LogP contribution >= 0.6 is 22.9 Å². The fourth-order valence-electron chi connectivity index (χ4n) is 3.31. The fraction of sp³-hybridized carbons (Fsp3) is 0.350. The van der Waals surface area contributed by atoms with E-state index >= 15 is 0 Å². The van der Waals surface area contributed by atoms with Gasteiger partial charge in [-0.15, -0.1) is 11.3 Å². The quantitative estimate of drug-likeness (QED) is 0.614. The van der Waals surface area contributed by atoms with E-state index in [0.29, 0.717) is 17.5 Å². The third-order valence-corrected chi connectivity index (χ3v) is 6.26. The van der Waals surface area contributed by atoms with Gasteiger partial charge in [0.1, 0.15) is 12.4 Å². The smallest absolute Gasteiger partial charge is 0.137 e. The molecule has 0 spiro atoms. The maximum absolute atomic E-state index is 6.12. The zero-order valence-electron chi connectivity index (χ0n) is 14.0. The Kier molecular flexibility index (Phi) is 5.20. The number of rotatable bonds is 5. The first-order valence-corrected chi connectivity index (χ1v) is 9.94. The van der Waals surface area contributed by atoms with E-state index in [1.54, 1.807) is 0 Å². The molecule has 0 radical (unpaired) electrons. The fourth-order valence-corrected chi connectivity index (χ4v) is 4.64. The molecule has 130 valence electrons. The Hall–Kier alpha value is -1.62. The summed E-state index contributed by atoms with van der Waals surface area (Å²) in [5, 5.41) is 1.98. The van der Waals surface area contributed by atoms with Crippen LogP contribution in [0, 0.1) is 0 Å². The topological polar surface area (TPSA) is 25.4 Å². The second-order valence-electron chi connectivity index (χ2n) is 6.41. The van der Waals surface area contributed by atoms with Crippen molar-refractivity contribution in [1.29, 1.82) is 0 Å². The number of hydrogen-bond donors (Lipinski definition) is 0. The van der Waals surface area contributed by atoms with Gasteiger partial charge in [0.05, 0.1) is 20.2 Å². The molecule has 1 fully saturated rings. The molecule has 1 saturated heterocycles. The molecule has 1 aliphatic rings. The summed E-state index contributed by atoms with van der Waals surface area (Å²) in [6.07, 6.45) is 2.35. The number of para-hydroxylation sites is 2. The van der Waals surface area contributed by atoms with Crippen molar-refractivity contribution in [2.45, 2.75) is 18.8 Å². The normalized spacial score (nSPS) is 16.4. The van der Waals surface area contributed by atoms with Gasteiger partial charge in [-0.05, 0) is 50.2 Å². The van der Waals surface area contributed by atoms with Crippen molar-refractivity contribution in [1.82, 2.24) is 9.88 Å². The van der Waals surface area contributed by atoms with Gasteiger partial charge < -0.3 is 4.74 Å². The molecule has 2 heterocycles. The number of benzene rings is 2. The first-order valence-electron chi connectivity index (χ1n) is 8.75. The minimum Gasteiger partial charge on any atom is -0.491 e. The second-order valence-corrected chi connectivity index (χ2v) is 7.88. The molecular weight excluding hydrogens is 352 g/mol. The summed E-state index contributed by atoms with van der Waals surface area (Å²) in [7, 11) is 0. The lowest BCUT2D eigenvalue weighted by Crippen LogP contribution is -2.35. The highest BCUT2D eigenvalue weighted by Gasteiger charge is 2.23. The van der Waals surface area contributed by atoms with Crippen LogP contribution in [0.1, 0.15) is 23.8 Å². The lowest BCUT2D eigenvalue weighted by Gasteiger charge is -2.30. The molecule has 3 nitrogen and oxygen atoms in total. The summed E-state index contributed by atoms with van der Waals surface area (Å²) in [4.78, 5) is 7.31. The molecule has 4 rings (SSSR count). The number of fused-ring (bicyclic) bond motifs is 1. The van der Waals surface area contributed by atoms with Crippen molar-refractivity contribution in [3.8, 4) is 5.75 Å². The minimum absolute atomic E-state index is 0.595. The molecule has 25 heavy (non-hydrogen) atoms. The van der Waals surface area contributed by atoms with Crippen molar-refractivity contribution in [2.24, 2.45) is 0 Å². The van der Waals surface area contributed by atoms with Crippen molar-refractivity contribution >= 4 is 33.2 Å². The van der Waals surface area contributed by atoms with E-state index in [1.165, 1.54) is 22.5 Å². The van der Waals surface area contributed by atoms with Gasteiger partial charge in [-0.1, -0.05) is 35.9 Å². The van der Waals surface area contributed by atoms with E-state index in [1.807, 2.05) is 35.6 Å². The van der Waals surface area contributed by atoms with Crippen molar-refractivity contribution in [2.75, 3.05) is 26.2 Å². The van der Waals surface area contributed by atoms with Crippen LogP contribution in [0.5, 0.6) is 5.75 Å². The lowest BCUT2D eigenvalue weighted by atomic mass is 9.97. The molecule has 0 aliphatic carbocycles. The number of aromatic nitrogens is 1. The molecule has 1 aromatic heterocycles. The first kappa shape index (κ1) is 16.8. The summed E-state index contributed by atoms with van der Waals surface area (Å²) in [5.41, 5.74) is 1.14. The molecule has 1 aliphatic heterocycles. The number of ether oxygens (including phenoxy) is 1. The maximum atomic E-state index is 6.12. The molecule has 0 unspecified atom stereocenters. The number of piperidine rings is 1. The molecule has 3 aromatic rings. The number of halogens is 1. The Morgan fingerprint density at radius 2 is 1.84 bits per heavy atom. The molecule has 0 amide bonds. The van der Waals surface area contributed by atoms with Gasteiger partial charge in [-0.2, -0.15) is 0 Å². The van der Waals surface area contributed by atoms with Gasteiger partial charge in [0, 0.05) is 12.5 Å². The van der Waals surface area contributed by atoms with Gasteiger partial charge in [-0.25, -0.2) is 4.98 Å². The summed E-state index contributed by atoms with van der Waals surface area (Å²) in [6.45, 7) is 3.83. The summed E-state index contributed by atoms with van der Waals surface area (Å²) >= 11 is 7.97. The maximum Gasteiger partial charge on any atom is 0.137 e. The van der Waals surface area contributed by atoms with Crippen LogP contribution < -0.4 is 4.74 Å². The van der Waals surface area contributed by atoms with Crippen LogP contribution in [0.4, 0.5) is 0 Å². The standard InChI is InChI=1S/C20H21ClN2OS/c21-16-5-1-3-7-18(16)24-14-13-23-11-9-15(10-12-23)20-22-17-6-2-4-8-19(17)25-20/h1-8,15H,9-14H2. The largest absolute Gasteiger partial charge is 0.491 e. The van der Waals surface area contributed by atoms with Crippen LogP contribution in [0.25, 0.3) is 10.2 Å². The number of hydrogen-bond acceptors (Lipinski definition) is 4. The van der Waals surface area contributed by atoms with Gasteiger partial charge in [0.2, 0.25) is 0 Å². The van der Waals surface area contributed by atoms with E-state index < -0.39 is 0 Å². The predicted octanol–water partition coefficient (Wildman–Crippen LogP) is 5.21. The number of nitrogens with zero attached hydrogens (tertiary/aromatic N) is 2. The second kappa shape index (κ2) is 7.73. The van der Waals surface area contributed by atoms with Crippen LogP contribution in [0.3, 0.4) is 0 Å². The molecule has 0 atom stereocenters. The highest BCUT2D eigenvalue weighted by molar-refractivity contribution is 7.18. The van der Waals surface area contributed by atoms with Crippen molar-refractivity contribution in [3.63, 3.8) is 0 Å². The summed E-state index contributed by atoms with van der Waals surface area (Å²) < 4.78 is 7.11. The van der Waals surface area contributed by atoms with E-state index in [2.05, 4.69) is 29.2 Å². The van der Waals surface area contributed by atoms with E-state index in [-0.39, 0.29) is 0 Å². The predicted molar refractivity (Wildman–Crippen MR) is 105 cm³/mol. The van der Waals surface area contributed by atoms with E-state index in [4.69, 9.17) is 21.3 Å². The molecule has 0 N–H and O–H groups in total. The third-order valence-electron chi connectivity index (χ3n) is 4.75. The molecule has 5 heteroatoms. The Balaban J connectivity index is 1.27. The molecule has 0 saturated carbocycles. The van der Waals surface area contributed by atoms with Crippen molar-refractivity contribution in [3.05, 3.63) is 58.6 Å². The van der Waals surface area contributed by atoms with E-state index in [9.17, 15) is 0 Å². The molecule has 0 bridgehead atoms. The van der Waals surface area contributed by atoms with E-state index in [0.717, 1.165) is 30.9 Å². The summed E-state index contributed by atoms with van der Waals surface area (Å²) in [6, 6.07) is 16.1. The monoisotopic (exact) mass is 372 g/mol. The van der Waals surface area contributed by atoms with Gasteiger partial charge in [0.15, 0.2) is 0 Å². The zero-order valence-corrected chi connectivity index (χ0v) is 15.6. The van der Waals surface area contributed by atoms with Gasteiger partial charge in [0.25, 0.3) is 0 Å². The number of likely N-dealkylation sites (tertiary alicyclic amines) is 1. The third kappa shape index (κ3) is 3.97. The van der Waals surface area contributed by atoms with Crippen LogP contribution in [-0.4, -0.2) is 36.1 Å². The average molecular weight is 373 g/mol. The Labute approximate surface area is 157 Å². The summed E-state index contributed by atoms with van der Waals surface area (Å²) in [5.74, 6) is 1.37. The Morgan fingerprint density at radius 3 is 2.64 bits per heavy atom. The zero-order chi connectivity index (χ0) is 17.1. The Bertz CT molecular complexity index is 809. The highest BCUT2D eigenvalue weighted by Crippen LogP contribution is 2.33. The Morgan fingerprint density at radius 1 is 1.08 bits per heavy atom.